The number of hydrogen-bond acceptors (Lipinski definition) is 6. The first-order valence-corrected chi connectivity index (χ1v) is 9.03. The number of aromatic amines is 1. The Bertz CT molecular complexity index is 1180. The van der Waals surface area contributed by atoms with E-state index in [1.807, 2.05) is 25.3 Å². The van der Waals surface area contributed by atoms with Gasteiger partial charge in [-0.2, -0.15) is 5.26 Å². The molecule has 0 aliphatic heterocycles. The number of nitrogens with zero attached hydrogens (tertiary/aromatic N) is 6. The van der Waals surface area contributed by atoms with Crippen LogP contribution < -0.4 is 5.32 Å². The summed E-state index contributed by atoms with van der Waals surface area (Å²) in [4.78, 5) is 11.9. The van der Waals surface area contributed by atoms with Crippen LogP contribution >= 0.6 is 0 Å². The number of pyridine rings is 1. The van der Waals surface area contributed by atoms with Gasteiger partial charge in [0, 0.05) is 24.4 Å². The summed E-state index contributed by atoms with van der Waals surface area (Å²) in [5.41, 5.74) is 4.20. The highest BCUT2D eigenvalue weighted by atomic mass is 15.3. The first-order chi connectivity index (χ1) is 13.2. The SMILES string of the molecule is Cc1cc(C#N)cnc1N[C@H]1CC[C@@H](c2nnc3cnc4[nH]ccc4n23)C1. The summed E-state index contributed by atoms with van der Waals surface area (Å²) in [5.74, 6) is 2.17. The molecule has 1 saturated carbocycles. The maximum absolute atomic E-state index is 8.99. The molecule has 8 nitrogen and oxygen atoms in total. The zero-order valence-electron chi connectivity index (χ0n) is 14.8. The van der Waals surface area contributed by atoms with E-state index in [1.54, 1.807) is 12.4 Å². The minimum Gasteiger partial charge on any atom is -0.367 e. The number of aryl methyl sites for hydroxylation is 1. The van der Waals surface area contributed by atoms with Gasteiger partial charge in [0.05, 0.1) is 17.3 Å². The number of anilines is 1. The van der Waals surface area contributed by atoms with Crippen LogP contribution in [0.3, 0.4) is 0 Å². The average Bonchev–Trinajstić information content (AvgIpc) is 3.41. The van der Waals surface area contributed by atoms with E-state index in [0.29, 0.717) is 17.5 Å². The number of nitriles is 1. The second-order valence-electron chi connectivity index (χ2n) is 7.07. The van der Waals surface area contributed by atoms with Crippen molar-refractivity contribution >= 4 is 22.6 Å². The third kappa shape index (κ3) is 2.59. The predicted octanol–water partition coefficient (Wildman–Crippen LogP) is 2.93. The molecule has 5 rings (SSSR count). The van der Waals surface area contributed by atoms with E-state index in [9.17, 15) is 0 Å². The van der Waals surface area contributed by atoms with E-state index in [1.165, 1.54) is 0 Å². The van der Waals surface area contributed by atoms with Crippen LogP contribution in [0.15, 0.2) is 30.7 Å². The van der Waals surface area contributed by atoms with Crippen molar-refractivity contribution in [1.82, 2.24) is 29.5 Å². The number of H-pyrrole nitrogens is 1. The van der Waals surface area contributed by atoms with E-state index in [2.05, 4.69) is 40.9 Å². The van der Waals surface area contributed by atoms with E-state index in [-0.39, 0.29) is 0 Å². The molecule has 0 amide bonds. The number of hydrogen-bond donors (Lipinski definition) is 2. The molecule has 1 fully saturated rings. The van der Waals surface area contributed by atoms with Gasteiger partial charge in [0.25, 0.3) is 0 Å². The highest BCUT2D eigenvalue weighted by molar-refractivity contribution is 5.74. The molecule has 4 aromatic heterocycles. The molecule has 1 aliphatic rings. The zero-order valence-corrected chi connectivity index (χ0v) is 14.8. The Morgan fingerprint density at radius 1 is 1.26 bits per heavy atom. The topological polar surface area (TPSA) is 108 Å². The second-order valence-corrected chi connectivity index (χ2v) is 7.07. The number of rotatable bonds is 3. The van der Waals surface area contributed by atoms with Crippen LogP contribution in [0.5, 0.6) is 0 Å². The Hall–Kier alpha value is -3.47. The van der Waals surface area contributed by atoms with Crippen LogP contribution in [-0.4, -0.2) is 35.6 Å². The van der Waals surface area contributed by atoms with Gasteiger partial charge in [-0.05, 0) is 43.9 Å². The molecule has 0 bridgehead atoms. The molecular formula is C19H18N8. The lowest BCUT2D eigenvalue weighted by Gasteiger charge is -2.15. The first-order valence-electron chi connectivity index (χ1n) is 9.03. The standard InChI is InChI=1S/C19H18N8/c1-11-6-12(8-20)9-22-17(11)24-14-3-2-13(7-14)19-26-25-16-10-23-18-15(27(16)19)4-5-21-18/h4-6,9-10,13-14,21H,2-3,7H2,1H3,(H,22,24)/t13-,14+/m1/s1. The van der Waals surface area contributed by atoms with Crippen molar-refractivity contribution in [2.45, 2.75) is 38.1 Å². The minimum atomic E-state index is 0.324. The quantitative estimate of drug-likeness (QED) is 0.583. The molecule has 0 saturated heterocycles. The Kier molecular flexibility index (Phi) is 3.53. The molecule has 2 N–H and O–H groups in total. The molecule has 2 atom stereocenters. The van der Waals surface area contributed by atoms with Gasteiger partial charge in [0.1, 0.15) is 17.7 Å². The third-order valence-electron chi connectivity index (χ3n) is 5.31. The molecule has 0 unspecified atom stereocenters. The maximum Gasteiger partial charge on any atom is 0.179 e. The summed E-state index contributed by atoms with van der Waals surface area (Å²) >= 11 is 0. The largest absolute Gasteiger partial charge is 0.367 e. The summed E-state index contributed by atoms with van der Waals surface area (Å²) in [6, 6.07) is 6.33. The smallest absolute Gasteiger partial charge is 0.179 e. The van der Waals surface area contributed by atoms with Gasteiger partial charge in [-0.15, -0.1) is 10.2 Å². The van der Waals surface area contributed by atoms with Gasteiger partial charge >= 0.3 is 0 Å². The fourth-order valence-corrected chi connectivity index (χ4v) is 3.99. The number of nitrogens with one attached hydrogen (secondary N) is 2. The monoisotopic (exact) mass is 358 g/mol. The number of fused-ring (bicyclic) bond motifs is 3. The van der Waals surface area contributed by atoms with Crippen molar-refractivity contribution in [2.75, 3.05) is 5.32 Å². The molecule has 1 aliphatic carbocycles. The minimum absolute atomic E-state index is 0.324. The summed E-state index contributed by atoms with van der Waals surface area (Å²) < 4.78 is 2.11. The van der Waals surface area contributed by atoms with Crippen LogP contribution in [0, 0.1) is 18.3 Å². The third-order valence-corrected chi connectivity index (χ3v) is 5.31. The molecule has 0 radical (unpaired) electrons. The van der Waals surface area contributed by atoms with E-state index < -0.39 is 0 Å². The van der Waals surface area contributed by atoms with E-state index in [4.69, 9.17) is 5.26 Å². The Morgan fingerprint density at radius 2 is 2.19 bits per heavy atom. The molecule has 27 heavy (non-hydrogen) atoms. The van der Waals surface area contributed by atoms with Crippen LogP contribution in [0.2, 0.25) is 0 Å². The lowest BCUT2D eigenvalue weighted by molar-refractivity contribution is 0.651. The second kappa shape index (κ2) is 6.06. The van der Waals surface area contributed by atoms with Gasteiger partial charge in [0.2, 0.25) is 0 Å². The lowest BCUT2D eigenvalue weighted by atomic mass is 10.1. The van der Waals surface area contributed by atoms with Gasteiger partial charge in [-0.25, -0.2) is 9.97 Å². The van der Waals surface area contributed by atoms with E-state index in [0.717, 1.165) is 53.3 Å². The molecule has 0 aromatic carbocycles. The summed E-state index contributed by atoms with van der Waals surface area (Å²) in [5, 5.41) is 21.3. The molecule has 8 heteroatoms. The van der Waals surface area contributed by atoms with Crippen LogP contribution in [0.1, 0.15) is 42.1 Å². The summed E-state index contributed by atoms with van der Waals surface area (Å²) in [6.07, 6.45) is 8.31. The Balaban J connectivity index is 1.41. The van der Waals surface area contributed by atoms with Crippen molar-refractivity contribution in [3.63, 3.8) is 0 Å². The highest BCUT2D eigenvalue weighted by Crippen LogP contribution is 2.36. The van der Waals surface area contributed by atoms with Crippen molar-refractivity contribution in [2.24, 2.45) is 0 Å². The van der Waals surface area contributed by atoms with Crippen LogP contribution in [0.4, 0.5) is 5.82 Å². The van der Waals surface area contributed by atoms with Gasteiger partial charge in [-0.1, -0.05) is 0 Å². The zero-order chi connectivity index (χ0) is 18.4. The molecule has 4 aromatic rings. The lowest BCUT2D eigenvalue weighted by Crippen LogP contribution is -2.17. The predicted molar refractivity (Wildman–Crippen MR) is 100 cm³/mol. The Labute approximate surface area is 155 Å². The normalized spacial score (nSPS) is 19.6. The summed E-state index contributed by atoms with van der Waals surface area (Å²) in [6.45, 7) is 1.98. The molecule has 0 spiro atoms. The van der Waals surface area contributed by atoms with Gasteiger partial charge < -0.3 is 10.3 Å². The molecule has 4 heterocycles. The highest BCUT2D eigenvalue weighted by Gasteiger charge is 2.30. The summed E-state index contributed by atoms with van der Waals surface area (Å²) in [7, 11) is 0. The fourth-order valence-electron chi connectivity index (χ4n) is 3.99. The maximum atomic E-state index is 8.99. The van der Waals surface area contributed by atoms with Crippen molar-refractivity contribution in [1.29, 1.82) is 5.26 Å². The fraction of sp³-hybridized carbons (Fsp3) is 0.316. The molecular weight excluding hydrogens is 340 g/mol. The average molecular weight is 358 g/mol. The molecule has 134 valence electrons. The van der Waals surface area contributed by atoms with Crippen LogP contribution in [0.25, 0.3) is 16.8 Å². The van der Waals surface area contributed by atoms with Gasteiger partial charge in [-0.3, -0.25) is 4.40 Å². The van der Waals surface area contributed by atoms with Crippen molar-refractivity contribution in [3.8, 4) is 6.07 Å². The van der Waals surface area contributed by atoms with Gasteiger partial charge in [0.15, 0.2) is 11.3 Å². The van der Waals surface area contributed by atoms with Crippen molar-refractivity contribution < 1.29 is 0 Å². The number of aromatic nitrogens is 6. The van der Waals surface area contributed by atoms with Crippen LogP contribution in [-0.2, 0) is 0 Å². The van der Waals surface area contributed by atoms with Crippen molar-refractivity contribution in [3.05, 3.63) is 47.7 Å². The van der Waals surface area contributed by atoms with E-state index >= 15 is 0 Å². The Morgan fingerprint density at radius 3 is 3.04 bits per heavy atom. The first kappa shape index (κ1) is 15.8.